The van der Waals surface area contributed by atoms with Crippen molar-refractivity contribution in [1.82, 2.24) is 29.1 Å². The van der Waals surface area contributed by atoms with Crippen LogP contribution in [0, 0.1) is 12.1 Å². The molecule has 5 aromatic heterocycles. The van der Waals surface area contributed by atoms with Gasteiger partial charge in [0.25, 0.3) is 0 Å². The SMILES string of the molecule is Cn1c(-c2[c-]c3c(cc2)c2cc(-c4ncco4)ccc2n3-c2[c-]c(-c3ccc(-c4ncco4)cn3)ccc2)nc2ccccc21.[Pt+2]. The molecule has 9 rings (SSSR count). The van der Waals surface area contributed by atoms with Crippen molar-refractivity contribution >= 4 is 32.8 Å². The molecule has 9 aromatic rings. The van der Waals surface area contributed by atoms with Gasteiger partial charge in [-0.15, -0.1) is 53.6 Å². The third kappa shape index (κ3) is 4.49. The Kier molecular flexibility index (Phi) is 6.73. The molecular formula is C37H22N6O2Pt. The van der Waals surface area contributed by atoms with Gasteiger partial charge in [-0.05, 0) is 52.6 Å². The van der Waals surface area contributed by atoms with Gasteiger partial charge in [0.05, 0.1) is 34.8 Å². The predicted octanol–water partition coefficient (Wildman–Crippen LogP) is 8.31. The molecule has 0 atom stereocenters. The Labute approximate surface area is 277 Å². The Bertz CT molecular complexity index is 2490. The fourth-order valence-corrected chi connectivity index (χ4v) is 5.99. The first-order valence-corrected chi connectivity index (χ1v) is 14.4. The molecule has 0 saturated heterocycles. The van der Waals surface area contributed by atoms with E-state index in [0.29, 0.717) is 11.8 Å². The van der Waals surface area contributed by atoms with E-state index in [4.69, 9.17) is 18.8 Å². The van der Waals surface area contributed by atoms with Gasteiger partial charge in [0.15, 0.2) is 0 Å². The number of aryl methyl sites for hydroxylation is 1. The largest absolute Gasteiger partial charge is 2.00 e. The second kappa shape index (κ2) is 11.1. The average Bonchev–Trinajstić information content (AvgIpc) is 3.91. The molecule has 0 fully saturated rings. The smallest absolute Gasteiger partial charge is 0.445 e. The van der Waals surface area contributed by atoms with Crippen LogP contribution in [0.1, 0.15) is 0 Å². The van der Waals surface area contributed by atoms with Crippen LogP contribution in [0.15, 0.2) is 125 Å². The van der Waals surface area contributed by atoms with E-state index in [0.717, 1.165) is 72.3 Å². The Morgan fingerprint density at radius 3 is 2.24 bits per heavy atom. The van der Waals surface area contributed by atoms with Crippen LogP contribution in [0.2, 0.25) is 0 Å². The van der Waals surface area contributed by atoms with E-state index in [1.54, 1.807) is 31.1 Å². The maximum absolute atomic E-state index is 5.63. The van der Waals surface area contributed by atoms with E-state index in [1.807, 2.05) is 55.6 Å². The molecule has 0 aliphatic heterocycles. The van der Waals surface area contributed by atoms with Gasteiger partial charge in [-0.2, -0.15) is 0 Å². The summed E-state index contributed by atoms with van der Waals surface area (Å²) >= 11 is 0. The summed E-state index contributed by atoms with van der Waals surface area (Å²) in [6.07, 6.45) is 8.19. The van der Waals surface area contributed by atoms with Crippen LogP contribution in [0.5, 0.6) is 0 Å². The maximum Gasteiger partial charge on any atom is 2.00 e. The van der Waals surface area contributed by atoms with Gasteiger partial charge >= 0.3 is 21.1 Å². The topological polar surface area (TPSA) is 87.7 Å². The first-order chi connectivity index (χ1) is 22.2. The van der Waals surface area contributed by atoms with Gasteiger partial charge < -0.3 is 23.0 Å². The van der Waals surface area contributed by atoms with Crippen LogP contribution in [-0.4, -0.2) is 29.1 Å². The fourth-order valence-electron chi connectivity index (χ4n) is 5.99. The monoisotopic (exact) mass is 777 g/mol. The molecular weight excluding hydrogens is 756 g/mol. The number of benzene rings is 4. The van der Waals surface area contributed by atoms with Crippen molar-refractivity contribution in [2.75, 3.05) is 0 Å². The molecule has 0 aliphatic carbocycles. The molecule has 0 saturated carbocycles. The second-order valence-corrected chi connectivity index (χ2v) is 10.7. The van der Waals surface area contributed by atoms with Crippen molar-refractivity contribution in [3.8, 4) is 51.2 Å². The average molecular weight is 778 g/mol. The predicted molar refractivity (Wildman–Crippen MR) is 172 cm³/mol. The molecule has 0 aliphatic rings. The van der Waals surface area contributed by atoms with Crippen molar-refractivity contribution in [3.63, 3.8) is 0 Å². The number of para-hydroxylation sites is 2. The second-order valence-electron chi connectivity index (χ2n) is 10.7. The van der Waals surface area contributed by atoms with Crippen LogP contribution in [0.25, 0.3) is 84.1 Å². The molecule has 0 amide bonds. The summed E-state index contributed by atoms with van der Waals surface area (Å²) in [7, 11) is 2.04. The van der Waals surface area contributed by atoms with E-state index in [2.05, 4.69) is 67.6 Å². The number of oxazole rings is 2. The first-order valence-electron chi connectivity index (χ1n) is 14.4. The normalized spacial score (nSPS) is 11.4. The Morgan fingerprint density at radius 2 is 1.48 bits per heavy atom. The summed E-state index contributed by atoms with van der Waals surface area (Å²) < 4.78 is 15.4. The molecule has 0 radical (unpaired) electrons. The summed E-state index contributed by atoms with van der Waals surface area (Å²) in [5.41, 5.74) is 9.09. The maximum atomic E-state index is 5.63. The van der Waals surface area contributed by atoms with Crippen molar-refractivity contribution in [2.45, 2.75) is 0 Å². The molecule has 0 spiro atoms. The van der Waals surface area contributed by atoms with Crippen molar-refractivity contribution in [1.29, 1.82) is 0 Å². The minimum Gasteiger partial charge on any atom is -0.445 e. The minimum atomic E-state index is 0. The number of pyridine rings is 1. The summed E-state index contributed by atoms with van der Waals surface area (Å²) in [5.74, 6) is 1.96. The molecule has 4 aromatic carbocycles. The molecule has 9 heteroatoms. The van der Waals surface area contributed by atoms with Gasteiger partial charge in [0.2, 0.25) is 11.8 Å². The van der Waals surface area contributed by atoms with Crippen LogP contribution < -0.4 is 0 Å². The van der Waals surface area contributed by atoms with Crippen molar-refractivity contribution in [2.24, 2.45) is 7.05 Å². The summed E-state index contributed by atoms with van der Waals surface area (Å²) in [5, 5.41) is 2.11. The van der Waals surface area contributed by atoms with Crippen LogP contribution in [-0.2, 0) is 28.1 Å². The van der Waals surface area contributed by atoms with Gasteiger partial charge in [0.1, 0.15) is 12.5 Å². The van der Waals surface area contributed by atoms with Crippen molar-refractivity contribution < 1.29 is 29.9 Å². The molecule has 0 bridgehead atoms. The van der Waals surface area contributed by atoms with E-state index in [-0.39, 0.29) is 21.1 Å². The fraction of sp³-hybridized carbons (Fsp3) is 0.0270. The number of imidazole rings is 1. The zero-order chi connectivity index (χ0) is 29.9. The quantitative estimate of drug-likeness (QED) is 0.164. The molecule has 0 unspecified atom stereocenters. The standard InChI is InChI=1S/C37H22N6O2.Pt/c1-42-33-8-3-2-7-31(33)41-35(42)24-9-12-28-29-20-25(36-38-15-17-44-36)11-14-32(29)43(34(28)21-24)27-6-4-5-23(19-27)30-13-10-26(22-40-30)37-39-16-18-45-37;/h2-18,20,22H,1H3;/q-2;+2. The third-order valence-corrected chi connectivity index (χ3v) is 8.12. The Balaban J connectivity index is 0.00000312. The summed E-state index contributed by atoms with van der Waals surface area (Å²) in [6, 6.07) is 36.0. The van der Waals surface area contributed by atoms with Gasteiger partial charge in [-0.25, -0.2) is 9.97 Å². The van der Waals surface area contributed by atoms with Gasteiger partial charge in [0, 0.05) is 24.3 Å². The molecule has 5 heterocycles. The summed E-state index contributed by atoms with van der Waals surface area (Å²) in [4.78, 5) is 18.2. The van der Waals surface area contributed by atoms with Crippen LogP contribution in [0.4, 0.5) is 0 Å². The molecule has 0 N–H and O–H groups in total. The van der Waals surface area contributed by atoms with Crippen LogP contribution >= 0.6 is 0 Å². The van der Waals surface area contributed by atoms with E-state index in [1.165, 1.54) is 0 Å². The molecule has 8 nitrogen and oxygen atoms in total. The number of hydrogen-bond donors (Lipinski definition) is 0. The Morgan fingerprint density at radius 1 is 0.674 bits per heavy atom. The van der Waals surface area contributed by atoms with Gasteiger partial charge in [-0.1, -0.05) is 29.7 Å². The zero-order valence-corrected chi connectivity index (χ0v) is 26.6. The van der Waals surface area contributed by atoms with E-state index >= 15 is 0 Å². The third-order valence-electron chi connectivity index (χ3n) is 8.12. The zero-order valence-electron chi connectivity index (χ0n) is 24.3. The van der Waals surface area contributed by atoms with Crippen molar-refractivity contribution in [3.05, 3.63) is 128 Å². The number of hydrogen-bond acceptors (Lipinski definition) is 6. The Hall–Kier alpha value is -5.59. The van der Waals surface area contributed by atoms with Crippen LogP contribution in [0.3, 0.4) is 0 Å². The number of aromatic nitrogens is 6. The first kappa shape index (κ1) is 27.9. The minimum absolute atomic E-state index is 0. The van der Waals surface area contributed by atoms with E-state index < -0.39 is 0 Å². The number of nitrogens with zero attached hydrogens (tertiary/aromatic N) is 6. The summed E-state index contributed by atoms with van der Waals surface area (Å²) in [6.45, 7) is 0. The molecule has 222 valence electrons. The molecule has 46 heavy (non-hydrogen) atoms. The number of rotatable bonds is 5. The number of fused-ring (bicyclic) bond motifs is 4. The van der Waals surface area contributed by atoms with E-state index in [9.17, 15) is 0 Å². The van der Waals surface area contributed by atoms with Gasteiger partial charge in [-0.3, -0.25) is 4.98 Å².